The van der Waals surface area contributed by atoms with E-state index in [4.69, 9.17) is 9.05 Å². The Morgan fingerprint density at radius 1 is 0.564 bits per heavy atom. The number of likely N-dealkylation sites (N-methyl/N-ethyl adjacent to an activating group) is 1. The van der Waals surface area contributed by atoms with Crippen molar-refractivity contribution in [3.05, 3.63) is 0 Å². The molecule has 0 saturated carbocycles. The van der Waals surface area contributed by atoms with Crippen molar-refractivity contribution in [2.24, 2.45) is 0 Å². The molecule has 0 rings (SSSR count). The quantitative estimate of drug-likeness (QED) is 0.0361. The number of hydrogen-bond donors (Lipinski definition) is 2. The van der Waals surface area contributed by atoms with Gasteiger partial charge in [0.25, 0.3) is 7.82 Å². The van der Waals surface area contributed by atoms with Crippen LogP contribution in [-0.4, -0.2) is 68.5 Å². The van der Waals surface area contributed by atoms with E-state index < -0.39 is 20.0 Å². The molecule has 0 bridgehead atoms. The predicted octanol–water partition coefficient (Wildman–Crippen LogP) is 12.7. The molecule has 0 heterocycles. The second-order valence-corrected chi connectivity index (χ2v) is 19.2. The van der Waals surface area contributed by atoms with Crippen LogP contribution in [-0.2, 0) is 18.4 Å². The fourth-order valence-corrected chi connectivity index (χ4v) is 8.00. The predicted molar refractivity (Wildman–Crippen MR) is 233 cm³/mol. The molecular weight excluding hydrogens is 707 g/mol. The van der Waals surface area contributed by atoms with Crippen molar-refractivity contribution in [3.8, 4) is 0 Å². The van der Waals surface area contributed by atoms with Crippen molar-refractivity contribution in [2.45, 2.75) is 251 Å². The van der Waals surface area contributed by atoms with E-state index >= 15 is 0 Å². The second kappa shape index (κ2) is 39.0. The minimum Gasteiger partial charge on any atom is -0.756 e. The first-order chi connectivity index (χ1) is 26.5. The minimum atomic E-state index is -4.55. The Balaban J connectivity index is 4.06. The van der Waals surface area contributed by atoms with E-state index in [-0.39, 0.29) is 19.1 Å². The van der Waals surface area contributed by atoms with Crippen molar-refractivity contribution in [1.29, 1.82) is 0 Å². The van der Waals surface area contributed by atoms with Crippen LogP contribution in [0, 0.1) is 0 Å². The van der Waals surface area contributed by atoms with Crippen LogP contribution in [0.15, 0.2) is 0 Å². The molecule has 0 aliphatic carbocycles. The molecule has 0 aliphatic rings. The van der Waals surface area contributed by atoms with E-state index in [0.717, 1.165) is 38.5 Å². The lowest BCUT2D eigenvalue weighted by Gasteiger charge is -2.30. The van der Waals surface area contributed by atoms with Crippen LogP contribution in [0.3, 0.4) is 0 Å². The Bertz CT molecular complexity index is 870. The van der Waals surface area contributed by atoms with Gasteiger partial charge >= 0.3 is 0 Å². The van der Waals surface area contributed by atoms with E-state index in [9.17, 15) is 19.4 Å². The number of unbranched alkanes of at least 4 members (excludes halogenated alkanes) is 31. The van der Waals surface area contributed by atoms with Gasteiger partial charge in [-0.3, -0.25) is 9.36 Å². The molecule has 0 spiro atoms. The number of phosphoric ester groups is 1. The van der Waals surface area contributed by atoms with Gasteiger partial charge < -0.3 is 28.8 Å². The lowest BCUT2D eigenvalue weighted by Crippen LogP contribution is -2.46. The standard InChI is InChI=1S/C46H95N2O6P/c1-6-8-10-12-14-16-17-18-19-20-21-22-23-24-25-26-27-28-29-30-31-32-33-35-37-39-45(49)44(43-54-55(51,52)53-42-41-48(3,4)5)47-46(50)40-38-36-34-15-13-11-9-7-2/h44-45,49H,6-43H2,1-5H3,(H-,47,50,51,52). The average molecular weight is 803 g/mol. The van der Waals surface area contributed by atoms with Crippen molar-refractivity contribution in [2.75, 3.05) is 40.9 Å². The minimum absolute atomic E-state index is 0.0157. The molecule has 0 fully saturated rings. The summed E-state index contributed by atoms with van der Waals surface area (Å²) in [5.41, 5.74) is 0. The van der Waals surface area contributed by atoms with Crippen LogP contribution >= 0.6 is 7.82 Å². The zero-order valence-corrected chi connectivity index (χ0v) is 38.3. The highest BCUT2D eigenvalue weighted by molar-refractivity contribution is 7.45. The first kappa shape index (κ1) is 54.5. The first-order valence-electron chi connectivity index (χ1n) is 23.9. The zero-order chi connectivity index (χ0) is 40.7. The summed E-state index contributed by atoms with van der Waals surface area (Å²) in [5, 5.41) is 13.9. The molecule has 8 nitrogen and oxygen atoms in total. The first-order valence-corrected chi connectivity index (χ1v) is 25.3. The number of nitrogens with zero attached hydrogens (tertiary/aromatic N) is 1. The molecule has 0 aromatic carbocycles. The number of phosphoric acid groups is 1. The Hall–Kier alpha value is -0.500. The van der Waals surface area contributed by atoms with E-state index in [1.54, 1.807) is 0 Å². The van der Waals surface area contributed by atoms with Crippen LogP contribution in [0.4, 0.5) is 0 Å². The molecular formula is C46H95N2O6P. The normalized spacial score (nSPS) is 14.2. The smallest absolute Gasteiger partial charge is 0.268 e. The molecule has 2 N–H and O–H groups in total. The Morgan fingerprint density at radius 2 is 0.891 bits per heavy atom. The molecule has 0 radical (unpaired) electrons. The number of hydrogen-bond acceptors (Lipinski definition) is 6. The molecule has 3 unspecified atom stereocenters. The number of amides is 1. The third-order valence-electron chi connectivity index (χ3n) is 11.1. The maximum atomic E-state index is 12.8. The van der Waals surface area contributed by atoms with Gasteiger partial charge in [0.05, 0.1) is 39.9 Å². The topological polar surface area (TPSA) is 108 Å². The average Bonchev–Trinajstić information content (AvgIpc) is 3.13. The summed E-state index contributed by atoms with van der Waals surface area (Å²) >= 11 is 0. The van der Waals surface area contributed by atoms with E-state index in [1.807, 2.05) is 21.1 Å². The van der Waals surface area contributed by atoms with Gasteiger partial charge in [0.1, 0.15) is 13.2 Å². The Kier molecular flexibility index (Phi) is 38.6. The van der Waals surface area contributed by atoms with Gasteiger partial charge in [-0.1, -0.05) is 219 Å². The van der Waals surface area contributed by atoms with Crippen LogP contribution in [0.1, 0.15) is 239 Å². The van der Waals surface area contributed by atoms with Crippen LogP contribution in [0.2, 0.25) is 0 Å². The molecule has 1 amide bonds. The highest BCUT2D eigenvalue weighted by atomic mass is 31.2. The summed E-state index contributed by atoms with van der Waals surface area (Å²) in [4.78, 5) is 25.2. The van der Waals surface area contributed by atoms with Crippen LogP contribution in [0.25, 0.3) is 0 Å². The maximum Gasteiger partial charge on any atom is 0.268 e. The van der Waals surface area contributed by atoms with Crippen molar-refractivity contribution >= 4 is 13.7 Å². The second-order valence-electron chi connectivity index (χ2n) is 17.8. The maximum absolute atomic E-state index is 12.8. The fourth-order valence-electron chi connectivity index (χ4n) is 7.28. The molecule has 330 valence electrons. The lowest BCUT2D eigenvalue weighted by molar-refractivity contribution is -0.870. The molecule has 9 heteroatoms. The zero-order valence-electron chi connectivity index (χ0n) is 37.4. The summed E-state index contributed by atoms with van der Waals surface area (Å²) in [6, 6.07) is -0.791. The van der Waals surface area contributed by atoms with E-state index in [2.05, 4.69) is 19.2 Å². The summed E-state index contributed by atoms with van der Waals surface area (Å²) in [6.07, 6.45) is 42.8. The third kappa shape index (κ3) is 41.5. The summed E-state index contributed by atoms with van der Waals surface area (Å²) < 4.78 is 23.2. The number of rotatable bonds is 44. The highest BCUT2D eigenvalue weighted by Gasteiger charge is 2.24. The summed E-state index contributed by atoms with van der Waals surface area (Å²) in [7, 11) is 1.32. The molecule has 0 aliphatic heterocycles. The van der Waals surface area contributed by atoms with E-state index in [1.165, 1.54) is 173 Å². The SMILES string of the molecule is CCCCCCCCCCCCCCCCCCCCCCCCCCCC(O)C(COP(=O)([O-])OCC[N+](C)(C)C)NC(=O)CCCCCCCCCC. The number of carbonyl (C=O) groups is 1. The number of aliphatic hydroxyl groups is 1. The summed E-state index contributed by atoms with van der Waals surface area (Å²) in [6.45, 7) is 4.71. The van der Waals surface area contributed by atoms with E-state index in [0.29, 0.717) is 23.9 Å². The summed E-state index contributed by atoms with van der Waals surface area (Å²) in [5.74, 6) is -0.167. The Labute approximate surface area is 342 Å². The van der Waals surface area contributed by atoms with Crippen molar-refractivity contribution in [3.63, 3.8) is 0 Å². The fraction of sp³-hybridized carbons (Fsp3) is 0.978. The molecule has 0 saturated heterocycles. The van der Waals surface area contributed by atoms with Gasteiger partial charge in [0.2, 0.25) is 5.91 Å². The third-order valence-corrected chi connectivity index (χ3v) is 12.1. The molecule has 0 aromatic heterocycles. The number of aliphatic hydroxyl groups excluding tert-OH is 1. The van der Waals surface area contributed by atoms with Gasteiger partial charge in [-0.2, -0.15) is 0 Å². The van der Waals surface area contributed by atoms with Gasteiger partial charge in [-0.15, -0.1) is 0 Å². The van der Waals surface area contributed by atoms with Gasteiger partial charge in [-0.25, -0.2) is 0 Å². The lowest BCUT2D eigenvalue weighted by atomic mass is 10.0. The number of nitrogens with one attached hydrogen (secondary N) is 1. The molecule has 0 aromatic rings. The Morgan fingerprint density at radius 3 is 1.24 bits per heavy atom. The number of carbonyl (C=O) groups excluding carboxylic acids is 1. The highest BCUT2D eigenvalue weighted by Crippen LogP contribution is 2.38. The van der Waals surface area contributed by atoms with Gasteiger partial charge in [0.15, 0.2) is 0 Å². The monoisotopic (exact) mass is 803 g/mol. The van der Waals surface area contributed by atoms with Gasteiger partial charge in [0, 0.05) is 6.42 Å². The van der Waals surface area contributed by atoms with Crippen molar-refractivity contribution in [1.82, 2.24) is 5.32 Å². The van der Waals surface area contributed by atoms with Gasteiger partial charge in [-0.05, 0) is 12.8 Å². The molecule has 55 heavy (non-hydrogen) atoms. The van der Waals surface area contributed by atoms with Crippen LogP contribution < -0.4 is 10.2 Å². The van der Waals surface area contributed by atoms with Crippen LogP contribution in [0.5, 0.6) is 0 Å². The largest absolute Gasteiger partial charge is 0.756 e. The molecule has 3 atom stereocenters. The van der Waals surface area contributed by atoms with Crippen molar-refractivity contribution < 1.29 is 32.9 Å². The number of quaternary nitrogens is 1.